The van der Waals surface area contributed by atoms with E-state index in [1.165, 1.54) is 11.8 Å². The van der Waals surface area contributed by atoms with Crippen molar-refractivity contribution < 1.29 is 14.7 Å². The molecule has 2 aromatic rings. The molecular formula is C20H18O3S. The summed E-state index contributed by atoms with van der Waals surface area (Å²) in [4.78, 5) is 25.1. The van der Waals surface area contributed by atoms with Crippen molar-refractivity contribution in [2.45, 2.75) is 12.8 Å². The summed E-state index contributed by atoms with van der Waals surface area (Å²) in [7, 11) is 0. The molecule has 0 bridgehead atoms. The van der Waals surface area contributed by atoms with Gasteiger partial charge in [-0.25, -0.2) is 4.79 Å². The van der Waals surface area contributed by atoms with E-state index in [-0.39, 0.29) is 11.4 Å². The Morgan fingerprint density at radius 1 is 1.00 bits per heavy atom. The summed E-state index contributed by atoms with van der Waals surface area (Å²) in [6, 6.07) is 17.4. The van der Waals surface area contributed by atoms with Crippen LogP contribution in [0.25, 0.3) is 11.1 Å². The molecule has 0 radical (unpaired) electrons. The van der Waals surface area contributed by atoms with Crippen molar-refractivity contribution in [3.63, 3.8) is 0 Å². The van der Waals surface area contributed by atoms with Gasteiger partial charge in [-0.15, -0.1) is 11.8 Å². The van der Waals surface area contributed by atoms with Crippen LogP contribution in [0.4, 0.5) is 0 Å². The largest absolute Gasteiger partial charge is 0.478 e. The highest BCUT2D eigenvalue weighted by molar-refractivity contribution is 8.02. The third-order valence-corrected chi connectivity index (χ3v) is 5.30. The Morgan fingerprint density at radius 2 is 1.62 bits per heavy atom. The average Bonchev–Trinajstić information content (AvgIpc) is 3.06. The van der Waals surface area contributed by atoms with Gasteiger partial charge in [-0.3, -0.25) is 4.79 Å². The van der Waals surface area contributed by atoms with Gasteiger partial charge >= 0.3 is 5.97 Å². The number of benzene rings is 2. The Bertz CT molecular complexity index is 791. The summed E-state index contributed by atoms with van der Waals surface area (Å²) in [6.07, 6.45) is 3.11. The highest BCUT2D eigenvalue weighted by Gasteiger charge is 2.35. The van der Waals surface area contributed by atoms with Crippen LogP contribution in [0.2, 0.25) is 0 Å². The van der Waals surface area contributed by atoms with Crippen molar-refractivity contribution in [1.82, 2.24) is 0 Å². The summed E-state index contributed by atoms with van der Waals surface area (Å²) in [5.74, 6) is -1.61. The predicted octanol–water partition coefficient (Wildman–Crippen LogP) is 4.65. The molecule has 1 aliphatic rings. The van der Waals surface area contributed by atoms with E-state index in [4.69, 9.17) is 0 Å². The normalized spacial score (nSPS) is 17.1. The molecule has 0 fully saturated rings. The summed E-state index contributed by atoms with van der Waals surface area (Å²) in [6.45, 7) is 0. The number of carbonyl (C=O) groups excluding carboxylic acids is 1. The van der Waals surface area contributed by atoms with Crippen LogP contribution in [0, 0.1) is 5.92 Å². The standard InChI is InChI=1S/C20H18O3S/c1-24-17-12-11-16(18(17)20(22)23)19(21)15-9-7-14(8-10-15)13-5-3-2-4-6-13/h2-10,16H,11-12H2,1H3,(H,22,23). The molecule has 1 N–H and O–H groups in total. The van der Waals surface area contributed by atoms with Gasteiger partial charge in [0.05, 0.1) is 11.5 Å². The fourth-order valence-electron chi connectivity index (χ4n) is 3.15. The van der Waals surface area contributed by atoms with E-state index < -0.39 is 11.9 Å². The Balaban J connectivity index is 1.86. The monoisotopic (exact) mass is 338 g/mol. The van der Waals surface area contributed by atoms with Crippen molar-refractivity contribution in [2.75, 3.05) is 6.26 Å². The second-order valence-electron chi connectivity index (χ2n) is 5.75. The van der Waals surface area contributed by atoms with E-state index >= 15 is 0 Å². The van der Waals surface area contributed by atoms with E-state index in [1.54, 1.807) is 12.1 Å². The number of carboxylic acid groups (broad SMARTS) is 1. The maximum Gasteiger partial charge on any atom is 0.333 e. The second kappa shape index (κ2) is 7.05. The molecule has 1 unspecified atom stereocenters. The highest BCUT2D eigenvalue weighted by atomic mass is 32.2. The number of ketones is 1. The van der Waals surface area contributed by atoms with Gasteiger partial charge in [-0.05, 0) is 35.1 Å². The number of carboxylic acids is 1. The van der Waals surface area contributed by atoms with Crippen LogP contribution in [-0.2, 0) is 4.79 Å². The first-order valence-electron chi connectivity index (χ1n) is 7.82. The van der Waals surface area contributed by atoms with Gasteiger partial charge in [-0.1, -0.05) is 54.6 Å². The maximum absolute atomic E-state index is 12.8. The van der Waals surface area contributed by atoms with E-state index in [2.05, 4.69) is 0 Å². The van der Waals surface area contributed by atoms with Gasteiger partial charge in [0.2, 0.25) is 0 Å². The van der Waals surface area contributed by atoms with Gasteiger partial charge in [0.1, 0.15) is 0 Å². The van der Waals surface area contributed by atoms with E-state index in [0.29, 0.717) is 18.4 Å². The Morgan fingerprint density at radius 3 is 2.21 bits per heavy atom. The van der Waals surface area contributed by atoms with Crippen LogP contribution in [-0.4, -0.2) is 23.1 Å². The number of hydrogen-bond donors (Lipinski definition) is 1. The van der Waals surface area contributed by atoms with E-state index in [0.717, 1.165) is 16.0 Å². The molecule has 0 heterocycles. The van der Waals surface area contributed by atoms with Crippen molar-refractivity contribution in [3.05, 3.63) is 70.6 Å². The Labute approximate surface area is 145 Å². The Hall–Kier alpha value is -2.33. The molecule has 3 rings (SSSR count). The molecule has 1 aliphatic carbocycles. The van der Waals surface area contributed by atoms with Crippen LogP contribution < -0.4 is 0 Å². The molecule has 4 heteroatoms. The van der Waals surface area contributed by atoms with E-state index in [1.807, 2.05) is 48.7 Å². The van der Waals surface area contributed by atoms with Gasteiger partial charge in [0.25, 0.3) is 0 Å². The molecule has 0 saturated heterocycles. The Kier molecular flexibility index (Phi) is 4.86. The van der Waals surface area contributed by atoms with Crippen molar-refractivity contribution in [1.29, 1.82) is 0 Å². The average molecular weight is 338 g/mol. The van der Waals surface area contributed by atoms with Crippen molar-refractivity contribution in [2.24, 2.45) is 5.92 Å². The number of Topliss-reactive ketones (excluding diaryl/α,β-unsaturated/α-hetero) is 1. The van der Waals surface area contributed by atoms with Gasteiger partial charge in [-0.2, -0.15) is 0 Å². The molecule has 3 nitrogen and oxygen atoms in total. The van der Waals surface area contributed by atoms with Gasteiger partial charge in [0, 0.05) is 5.56 Å². The third kappa shape index (κ3) is 3.15. The summed E-state index contributed by atoms with van der Waals surface area (Å²) in [5, 5.41) is 9.45. The fourth-order valence-corrected chi connectivity index (χ4v) is 3.92. The number of carbonyl (C=O) groups is 2. The molecule has 0 amide bonds. The second-order valence-corrected chi connectivity index (χ2v) is 6.65. The van der Waals surface area contributed by atoms with Crippen LogP contribution >= 0.6 is 11.8 Å². The summed E-state index contributed by atoms with van der Waals surface area (Å²) in [5.41, 5.74) is 2.98. The number of thioether (sulfide) groups is 1. The van der Waals surface area contributed by atoms with Crippen LogP contribution in [0.5, 0.6) is 0 Å². The SMILES string of the molecule is CSC1=C(C(=O)O)C(C(=O)c2ccc(-c3ccccc3)cc2)CC1. The van der Waals surface area contributed by atoms with Crippen LogP contribution in [0.15, 0.2) is 65.1 Å². The van der Waals surface area contributed by atoms with E-state index in [9.17, 15) is 14.7 Å². The summed E-state index contributed by atoms with van der Waals surface area (Å²) < 4.78 is 0. The lowest BCUT2D eigenvalue weighted by Gasteiger charge is -2.12. The smallest absolute Gasteiger partial charge is 0.333 e. The molecule has 1 atom stereocenters. The van der Waals surface area contributed by atoms with Gasteiger partial charge < -0.3 is 5.11 Å². The quantitative estimate of drug-likeness (QED) is 0.806. The van der Waals surface area contributed by atoms with Gasteiger partial charge in [0.15, 0.2) is 5.78 Å². The summed E-state index contributed by atoms with van der Waals surface area (Å²) >= 11 is 1.43. The molecule has 0 spiro atoms. The number of hydrogen-bond acceptors (Lipinski definition) is 3. The first kappa shape index (κ1) is 16.5. The molecule has 122 valence electrons. The number of rotatable bonds is 5. The van der Waals surface area contributed by atoms with Crippen molar-refractivity contribution in [3.8, 4) is 11.1 Å². The third-order valence-electron chi connectivity index (χ3n) is 4.38. The molecule has 0 aliphatic heterocycles. The van der Waals surface area contributed by atoms with Crippen LogP contribution in [0.3, 0.4) is 0 Å². The van der Waals surface area contributed by atoms with Crippen molar-refractivity contribution >= 4 is 23.5 Å². The zero-order valence-corrected chi connectivity index (χ0v) is 14.2. The lowest BCUT2D eigenvalue weighted by atomic mass is 9.91. The minimum absolute atomic E-state index is 0.101. The fraction of sp³-hybridized carbons (Fsp3) is 0.200. The zero-order valence-electron chi connectivity index (χ0n) is 13.4. The lowest BCUT2D eigenvalue weighted by Crippen LogP contribution is -2.19. The first-order chi connectivity index (χ1) is 11.6. The molecule has 0 saturated carbocycles. The minimum Gasteiger partial charge on any atom is -0.478 e. The minimum atomic E-state index is -0.976. The maximum atomic E-state index is 12.8. The molecule has 0 aromatic heterocycles. The molecule has 2 aromatic carbocycles. The lowest BCUT2D eigenvalue weighted by molar-refractivity contribution is -0.133. The highest BCUT2D eigenvalue weighted by Crippen LogP contribution is 2.39. The number of aliphatic carboxylic acids is 1. The number of allylic oxidation sites excluding steroid dienone is 1. The molecular weight excluding hydrogens is 320 g/mol. The molecule has 24 heavy (non-hydrogen) atoms. The predicted molar refractivity (Wildman–Crippen MR) is 97.1 cm³/mol. The first-order valence-corrected chi connectivity index (χ1v) is 9.04. The topological polar surface area (TPSA) is 54.4 Å². The zero-order chi connectivity index (χ0) is 17.1. The van der Waals surface area contributed by atoms with Crippen LogP contribution in [0.1, 0.15) is 23.2 Å².